The first-order valence-electron chi connectivity index (χ1n) is 13.3. The molecule has 1 aromatic heterocycles. The molecule has 2 amide bonds. The van der Waals surface area contributed by atoms with E-state index in [-0.39, 0.29) is 36.6 Å². The molecule has 0 unspecified atom stereocenters. The van der Waals surface area contributed by atoms with Crippen molar-refractivity contribution in [2.45, 2.75) is 72.2 Å². The molecule has 0 saturated heterocycles. The smallest absolute Gasteiger partial charge is 0.251 e. The minimum atomic E-state index is -0.259. The predicted octanol–water partition coefficient (Wildman–Crippen LogP) is 5.27. The van der Waals surface area contributed by atoms with Gasteiger partial charge in [0.2, 0.25) is 5.91 Å². The number of aliphatic hydroxyl groups excluding tert-OH is 1. The van der Waals surface area contributed by atoms with Gasteiger partial charge in [-0.25, -0.2) is 4.98 Å². The molecule has 8 nitrogen and oxygen atoms in total. The van der Waals surface area contributed by atoms with Crippen LogP contribution in [0, 0.1) is 0 Å². The molecule has 0 aliphatic rings. The van der Waals surface area contributed by atoms with Crippen LogP contribution in [0.1, 0.15) is 68.8 Å². The number of imidazole rings is 1. The van der Waals surface area contributed by atoms with Crippen molar-refractivity contribution >= 4 is 23.4 Å². The van der Waals surface area contributed by atoms with Crippen molar-refractivity contribution in [3.05, 3.63) is 70.6 Å². The van der Waals surface area contributed by atoms with Gasteiger partial charge < -0.3 is 24.6 Å². The zero-order valence-electron chi connectivity index (χ0n) is 23.6. The fraction of sp³-hybridized carbons (Fsp3) is 0.433. The molecule has 0 fully saturated rings. The molecule has 2 aromatic carbocycles. The molecule has 39 heavy (non-hydrogen) atoms. The molecule has 210 valence electrons. The van der Waals surface area contributed by atoms with Gasteiger partial charge in [0.05, 0.1) is 22.9 Å². The van der Waals surface area contributed by atoms with Gasteiger partial charge in [0.15, 0.2) is 0 Å². The Morgan fingerprint density at radius 2 is 1.85 bits per heavy atom. The number of aliphatic hydroxyl groups is 1. The highest BCUT2D eigenvalue weighted by atomic mass is 35.5. The van der Waals surface area contributed by atoms with E-state index in [1.807, 2.05) is 51.2 Å². The monoisotopic (exact) mass is 554 g/mol. The zero-order chi connectivity index (χ0) is 28.7. The number of carbonyl (C=O) groups is 2. The molecule has 3 aromatic rings. The van der Waals surface area contributed by atoms with E-state index in [2.05, 4.69) is 16.8 Å². The summed E-state index contributed by atoms with van der Waals surface area (Å²) >= 11 is 6.31. The lowest BCUT2D eigenvalue weighted by Crippen LogP contribution is -2.37. The molecule has 0 aliphatic carbocycles. The van der Waals surface area contributed by atoms with Crippen molar-refractivity contribution < 1.29 is 19.4 Å². The van der Waals surface area contributed by atoms with Crippen LogP contribution in [-0.4, -0.2) is 57.2 Å². The van der Waals surface area contributed by atoms with Crippen LogP contribution in [0.2, 0.25) is 5.02 Å². The summed E-state index contributed by atoms with van der Waals surface area (Å²) in [5, 5.41) is 13.0. The van der Waals surface area contributed by atoms with Crippen LogP contribution in [0.4, 0.5) is 0 Å². The maximum Gasteiger partial charge on any atom is 0.251 e. The van der Waals surface area contributed by atoms with Gasteiger partial charge in [0, 0.05) is 50.5 Å². The first-order chi connectivity index (χ1) is 18.5. The van der Waals surface area contributed by atoms with E-state index in [4.69, 9.17) is 21.3 Å². The van der Waals surface area contributed by atoms with Crippen molar-refractivity contribution in [1.82, 2.24) is 19.8 Å². The van der Waals surface area contributed by atoms with Crippen molar-refractivity contribution in [3.8, 4) is 17.0 Å². The summed E-state index contributed by atoms with van der Waals surface area (Å²) in [5.41, 5.74) is 3.26. The minimum absolute atomic E-state index is 0.0103. The van der Waals surface area contributed by atoms with E-state index in [1.54, 1.807) is 37.1 Å². The highest BCUT2D eigenvalue weighted by Gasteiger charge is 2.21. The molecule has 0 bridgehead atoms. The summed E-state index contributed by atoms with van der Waals surface area (Å²) in [6, 6.07) is 12.6. The number of rotatable bonds is 12. The second-order valence-electron chi connectivity index (χ2n) is 9.97. The van der Waals surface area contributed by atoms with Crippen LogP contribution in [0.3, 0.4) is 0 Å². The molecular formula is C30H39ClN4O4. The number of hydrogen-bond acceptors (Lipinski definition) is 5. The summed E-state index contributed by atoms with van der Waals surface area (Å²) in [6.45, 7) is 10.1. The average molecular weight is 555 g/mol. The van der Waals surface area contributed by atoms with Crippen molar-refractivity contribution in [2.24, 2.45) is 0 Å². The van der Waals surface area contributed by atoms with Crippen molar-refractivity contribution in [3.63, 3.8) is 0 Å². The number of ether oxygens (including phenoxy) is 1. The Balaban J connectivity index is 1.72. The average Bonchev–Trinajstić information content (AvgIpc) is 3.33. The summed E-state index contributed by atoms with van der Waals surface area (Å²) in [7, 11) is 1.78. The molecule has 0 saturated carbocycles. The fourth-order valence-electron chi connectivity index (χ4n) is 4.34. The molecule has 0 spiro atoms. The lowest BCUT2D eigenvalue weighted by atomic mass is 10.0. The van der Waals surface area contributed by atoms with E-state index in [0.717, 1.165) is 29.2 Å². The number of hydrogen-bond donors (Lipinski definition) is 2. The van der Waals surface area contributed by atoms with E-state index in [0.29, 0.717) is 29.2 Å². The third kappa shape index (κ3) is 7.83. The van der Waals surface area contributed by atoms with Gasteiger partial charge in [-0.05, 0) is 64.3 Å². The summed E-state index contributed by atoms with van der Waals surface area (Å²) in [5.74, 6) is 1.10. The lowest BCUT2D eigenvalue weighted by Gasteiger charge is -2.23. The minimum Gasteiger partial charge on any atom is -0.489 e. The van der Waals surface area contributed by atoms with E-state index >= 15 is 0 Å². The quantitative estimate of drug-likeness (QED) is 0.318. The van der Waals surface area contributed by atoms with E-state index in [1.165, 1.54) is 0 Å². The number of benzene rings is 2. The Hall–Kier alpha value is -3.36. The van der Waals surface area contributed by atoms with Gasteiger partial charge in [-0.2, -0.15) is 0 Å². The first kappa shape index (κ1) is 30.2. The molecule has 0 aliphatic heterocycles. The van der Waals surface area contributed by atoms with Gasteiger partial charge in [0.1, 0.15) is 11.6 Å². The normalized spacial score (nSPS) is 12.7. The predicted molar refractivity (Wildman–Crippen MR) is 154 cm³/mol. The van der Waals surface area contributed by atoms with Crippen molar-refractivity contribution in [2.75, 3.05) is 13.7 Å². The summed E-state index contributed by atoms with van der Waals surface area (Å²) in [6.07, 6.45) is 2.96. The van der Waals surface area contributed by atoms with E-state index < -0.39 is 0 Å². The van der Waals surface area contributed by atoms with E-state index in [9.17, 15) is 14.7 Å². The van der Waals surface area contributed by atoms with Gasteiger partial charge in [0.25, 0.3) is 5.91 Å². The number of nitrogens with zero attached hydrogens (tertiary/aromatic N) is 3. The van der Waals surface area contributed by atoms with Crippen LogP contribution in [0.5, 0.6) is 5.75 Å². The number of aromatic nitrogens is 2. The van der Waals surface area contributed by atoms with Gasteiger partial charge >= 0.3 is 0 Å². The van der Waals surface area contributed by atoms with Crippen LogP contribution in [0.15, 0.2) is 48.7 Å². The number of halogens is 1. The summed E-state index contributed by atoms with van der Waals surface area (Å²) < 4.78 is 7.71. The molecule has 2 N–H and O–H groups in total. The topological polar surface area (TPSA) is 96.7 Å². The molecule has 1 heterocycles. The lowest BCUT2D eigenvalue weighted by molar-refractivity contribution is -0.129. The number of nitrogens with one attached hydrogen (secondary N) is 1. The Labute approximate surface area is 236 Å². The number of carbonyl (C=O) groups excluding carboxylic acids is 2. The maximum atomic E-state index is 12.9. The van der Waals surface area contributed by atoms with Gasteiger partial charge in [-0.15, -0.1) is 0 Å². The molecule has 3 rings (SSSR count). The second kappa shape index (κ2) is 13.6. The van der Waals surface area contributed by atoms with Crippen LogP contribution in [0.25, 0.3) is 11.3 Å². The molecular weight excluding hydrogens is 516 g/mol. The SMILES string of the molecule is CCn1cc(-c2ccc(C[C@@H](CCO)NC(=O)c3ccc(OC(C)C)c(Cl)c3)cc2)nc1[C@@H](C)N(C)C(C)=O. The third-order valence-electron chi connectivity index (χ3n) is 6.70. The standard InChI is InChI=1S/C30H39ClN4O4/c1-7-35-18-27(33-29(35)20(4)34(6)21(5)37)23-10-8-22(9-11-23)16-25(14-15-36)32-30(38)24-12-13-28(26(31)17-24)39-19(2)3/h8-13,17-20,25,36H,7,14-16H2,1-6H3,(H,32,38)/t20-,25-/m1/s1. The van der Waals surface area contributed by atoms with Crippen LogP contribution >= 0.6 is 11.6 Å². The Kier molecular flexibility index (Phi) is 10.5. The summed E-state index contributed by atoms with van der Waals surface area (Å²) in [4.78, 5) is 31.3. The highest BCUT2D eigenvalue weighted by Crippen LogP contribution is 2.27. The van der Waals surface area contributed by atoms with Gasteiger partial charge in [-0.3, -0.25) is 9.59 Å². The Morgan fingerprint density at radius 3 is 2.41 bits per heavy atom. The Morgan fingerprint density at radius 1 is 1.15 bits per heavy atom. The van der Waals surface area contributed by atoms with Crippen LogP contribution in [-0.2, 0) is 17.8 Å². The zero-order valence-corrected chi connectivity index (χ0v) is 24.3. The fourth-order valence-corrected chi connectivity index (χ4v) is 4.56. The first-order valence-corrected chi connectivity index (χ1v) is 13.7. The van der Waals surface area contributed by atoms with Crippen LogP contribution < -0.4 is 10.1 Å². The number of aryl methyl sites for hydroxylation is 1. The molecule has 0 radical (unpaired) electrons. The maximum absolute atomic E-state index is 12.9. The second-order valence-corrected chi connectivity index (χ2v) is 10.4. The third-order valence-corrected chi connectivity index (χ3v) is 7.00. The largest absolute Gasteiger partial charge is 0.489 e. The molecule has 9 heteroatoms. The van der Waals surface area contributed by atoms with Gasteiger partial charge in [-0.1, -0.05) is 35.9 Å². The van der Waals surface area contributed by atoms with Crippen molar-refractivity contribution in [1.29, 1.82) is 0 Å². The Bertz CT molecular complexity index is 1270. The molecule has 2 atom stereocenters. The number of amides is 2. The highest BCUT2D eigenvalue weighted by molar-refractivity contribution is 6.32.